The van der Waals surface area contributed by atoms with Crippen LogP contribution in [0.3, 0.4) is 0 Å². The van der Waals surface area contributed by atoms with Crippen molar-refractivity contribution in [2.75, 3.05) is 10.1 Å². The zero-order valence-electron chi connectivity index (χ0n) is 17.4. The molecule has 3 aromatic rings. The lowest BCUT2D eigenvalue weighted by Gasteiger charge is -2.46. The molecule has 6 heteroatoms. The van der Waals surface area contributed by atoms with Gasteiger partial charge in [-0.05, 0) is 46.4 Å². The molecule has 0 aromatic heterocycles. The van der Waals surface area contributed by atoms with Crippen LogP contribution in [-0.2, 0) is 16.0 Å². The van der Waals surface area contributed by atoms with E-state index in [0.717, 1.165) is 33.6 Å². The number of carbonyl (C=O) groups excluding carboxylic acids is 2. The number of anilines is 2. The van der Waals surface area contributed by atoms with E-state index in [4.69, 9.17) is 0 Å². The number of hydrogen-bond donors (Lipinski definition) is 1. The highest BCUT2D eigenvalue weighted by molar-refractivity contribution is 6.24. The van der Waals surface area contributed by atoms with Gasteiger partial charge in [-0.15, -0.1) is 0 Å². The lowest BCUT2D eigenvalue weighted by atomic mass is 9.55. The van der Waals surface area contributed by atoms with Crippen molar-refractivity contribution < 1.29 is 14.8 Å². The van der Waals surface area contributed by atoms with E-state index in [1.807, 2.05) is 12.1 Å². The molecule has 7 rings (SSSR count). The molecule has 160 valence electrons. The van der Waals surface area contributed by atoms with Gasteiger partial charge >= 0.3 is 0 Å². The normalized spacial score (nSPS) is 24.9. The highest BCUT2D eigenvalue weighted by Crippen LogP contribution is 2.61. The fourth-order valence-corrected chi connectivity index (χ4v) is 6.05. The highest BCUT2D eigenvalue weighted by atomic mass is 16.8. The van der Waals surface area contributed by atoms with Crippen molar-refractivity contribution in [2.45, 2.75) is 25.2 Å². The molecule has 0 radical (unpaired) electrons. The van der Waals surface area contributed by atoms with E-state index in [2.05, 4.69) is 37.3 Å². The number of rotatable bonds is 3. The first-order valence-electron chi connectivity index (χ1n) is 10.9. The second kappa shape index (κ2) is 6.76. The molecular weight excluding hydrogens is 404 g/mol. The van der Waals surface area contributed by atoms with Crippen LogP contribution < -0.4 is 10.1 Å². The van der Waals surface area contributed by atoms with Gasteiger partial charge in [-0.2, -0.15) is 0 Å². The minimum absolute atomic E-state index is 0.121. The summed E-state index contributed by atoms with van der Waals surface area (Å²) in [6.45, 7) is 2.10. The van der Waals surface area contributed by atoms with Gasteiger partial charge in [-0.25, -0.2) is 4.90 Å². The molecule has 4 aliphatic rings. The van der Waals surface area contributed by atoms with Gasteiger partial charge in [0.15, 0.2) is 0 Å². The van der Waals surface area contributed by atoms with Crippen LogP contribution in [0, 0.1) is 17.0 Å². The molecule has 3 aromatic carbocycles. The maximum absolute atomic E-state index is 13.8. The number of imide groups is 1. The first kappa shape index (κ1) is 19.2. The molecule has 4 atom stereocenters. The SMILES string of the molecule is CCc1ccc2c(c1)[C@@H]1c3ccccc3[C@@H]2[C@@H]2C(=O)N(c3ccccc3N([O-])O)C(=O)[C@H]12. The zero-order chi connectivity index (χ0) is 22.1. The minimum Gasteiger partial charge on any atom is -0.733 e. The van der Waals surface area contributed by atoms with Crippen molar-refractivity contribution in [3.8, 4) is 0 Å². The summed E-state index contributed by atoms with van der Waals surface area (Å²) in [5.41, 5.74) is 5.63. The van der Waals surface area contributed by atoms with Crippen LogP contribution in [0.4, 0.5) is 11.4 Å². The number of aryl methyl sites for hydroxylation is 1. The standard InChI is InChI=1S/C26H21N2O4/c1-2-14-11-12-17-18(13-14)22-16-8-4-3-7-15(16)21(17)23-24(22)26(30)27(25(23)29)19-9-5-6-10-20(19)28(31)32/h3-13,21-24,31H,2H2,1H3/q-1/t21-,22-,23-,24+/m0/s1. The summed E-state index contributed by atoms with van der Waals surface area (Å²) in [6.07, 6.45) is 0.891. The van der Waals surface area contributed by atoms with Gasteiger partial charge in [0.1, 0.15) is 0 Å². The Bertz CT molecular complexity index is 1280. The predicted molar refractivity (Wildman–Crippen MR) is 119 cm³/mol. The van der Waals surface area contributed by atoms with Crippen molar-refractivity contribution in [1.82, 2.24) is 0 Å². The summed E-state index contributed by atoms with van der Waals surface area (Å²) < 4.78 is 0. The molecule has 1 saturated heterocycles. The van der Waals surface area contributed by atoms with Crippen LogP contribution in [0.25, 0.3) is 0 Å². The molecule has 0 spiro atoms. The Kier molecular flexibility index (Phi) is 4.06. The van der Waals surface area contributed by atoms with Crippen molar-refractivity contribution in [1.29, 1.82) is 0 Å². The monoisotopic (exact) mass is 425 g/mol. The van der Waals surface area contributed by atoms with Gasteiger partial charge in [0.05, 0.1) is 23.2 Å². The fraction of sp³-hybridized carbons (Fsp3) is 0.231. The van der Waals surface area contributed by atoms with Crippen LogP contribution in [0.5, 0.6) is 0 Å². The topological polar surface area (TPSA) is 83.9 Å². The molecule has 0 unspecified atom stereocenters. The van der Waals surface area contributed by atoms with Crippen molar-refractivity contribution in [3.63, 3.8) is 0 Å². The predicted octanol–water partition coefficient (Wildman–Crippen LogP) is 4.34. The Morgan fingerprint density at radius 3 is 2.03 bits per heavy atom. The molecule has 2 bridgehead atoms. The van der Waals surface area contributed by atoms with Crippen molar-refractivity contribution in [3.05, 3.63) is 99.8 Å². The second-order valence-corrected chi connectivity index (χ2v) is 8.73. The average molecular weight is 425 g/mol. The van der Waals surface area contributed by atoms with Gasteiger partial charge < -0.3 is 10.4 Å². The number of benzene rings is 3. The molecule has 32 heavy (non-hydrogen) atoms. The average Bonchev–Trinajstić information content (AvgIpc) is 3.09. The molecule has 1 N–H and O–H groups in total. The Morgan fingerprint density at radius 2 is 1.41 bits per heavy atom. The van der Waals surface area contributed by atoms with Crippen LogP contribution >= 0.6 is 0 Å². The molecular formula is C26H21N2O4-. The summed E-state index contributed by atoms with van der Waals surface area (Å²) in [4.78, 5) is 28.7. The van der Waals surface area contributed by atoms with Crippen LogP contribution in [-0.4, -0.2) is 17.0 Å². The number of amides is 2. The number of carbonyl (C=O) groups is 2. The summed E-state index contributed by atoms with van der Waals surface area (Å²) >= 11 is 0. The van der Waals surface area contributed by atoms with Gasteiger partial charge in [-0.1, -0.05) is 61.5 Å². The smallest absolute Gasteiger partial charge is 0.238 e. The second-order valence-electron chi connectivity index (χ2n) is 8.73. The first-order chi connectivity index (χ1) is 15.5. The Balaban J connectivity index is 1.56. The lowest BCUT2D eigenvalue weighted by molar-refractivity contribution is -0.122. The van der Waals surface area contributed by atoms with E-state index in [1.54, 1.807) is 12.1 Å². The third-order valence-corrected chi connectivity index (χ3v) is 7.34. The number of hydrogen-bond acceptors (Lipinski definition) is 5. The van der Waals surface area contributed by atoms with Crippen molar-refractivity contribution >= 4 is 23.2 Å². The molecule has 1 heterocycles. The third-order valence-electron chi connectivity index (χ3n) is 7.34. The number of para-hydroxylation sites is 2. The quantitative estimate of drug-likeness (QED) is 0.499. The molecule has 1 aliphatic heterocycles. The van der Waals surface area contributed by atoms with Gasteiger partial charge in [0, 0.05) is 11.8 Å². The summed E-state index contributed by atoms with van der Waals surface area (Å²) in [5, 5.41) is 21.0. The Labute approximate surface area is 185 Å². The Morgan fingerprint density at radius 1 is 0.844 bits per heavy atom. The van der Waals surface area contributed by atoms with E-state index >= 15 is 0 Å². The molecule has 2 amide bonds. The van der Waals surface area contributed by atoms with E-state index in [-0.39, 0.29) is 40.3 Å². The molecule has 1 fully saturated rings. The van der Waals surface area contributed by atoms with E-state index in [1.165, 1.54) is 17.7 Å². The summed E-state index contributed by atoms with van der Waals surface area (Å²) in [7, 11) is 0. The van der Waals surface area contributed by atoms with E-state index in [9.17, 15) is 20.0 Å². The van der Waals surface area contributed by atoms with E-state index < -0.39 is 11.8 Å². The molecule has 0 saturated carbocycles. The first-order valence-corrected chi connectivity index (χ1v) is 10.9. The highest BCUT2D eigenvalue weighted by Gasteiger charge is 2.62. The summed E-state index contributed by atoms with van der Waals surface area (Å²) in [6, 6.07) is 20.6. The third kappa shape index (κ3) is 2.36. The van der Waals surface area contributed by atoms with Gasteiger partial charge in [0.2, 0.25) is 11.8 Å². The van der Waals surface area contributed by atoms with Crippen LogP contribution in [0.15, 0.2) is 66.7 Å². The maximum atomic E-state index is 13.8. The van der Waals surface area contributed by atoms with Crippen LogP contribution in [0.2, 0.25) is 0 Å². The number of nitrogens with zero attached hydrogens (tertiary/aromatic N) is 2. The lowest BCUT2D eigenvalue weighted by Crippen LogP contribution is -2.41. The van der Waals surface area contributed by atoms with E-state index in [0.29, 0.717) is 0 Å². The molecule has 3 aliphatic carbocycles. The zero-order valence-corrected chi connectivity index (χ0v) is 17.4. The largest absolute Gasteiger partial charge is 0.733 e. The van der Waals surface area contributed by atoms with Crippen molar-refractivity contribution in [2.24, 2.45) is 11.8 Å². The fourth-order valence-electron chi connectivity index (χ4n) is 6.05. The minimum atomic E-state index is -0.533. The maximum Gasteiger partial charge on any atom is 0.238 e. The molecule has 6 nitrogen and oxygen atoms in total. The summed E-state index contributed by atoms with van der Waals surface area (Å²) in [5.74, 6) is -2.12. The Hall–Kier alpha value is -3.48. The van der Waals surface area contributed by atoms with Gasteiger partial charge in [-0.3, -0.25) is 14.8 Å². The van der Waals surface area contributed by atoms with Crippen LogP contribution in [0.1, 0.15) is 46.6 Å². The van der Waals surface area contributed by atoms with Gasteiger partial charge in [0.25, 0.3) is 0 Å².